The highest BCUT2D eigenvalue weighted by molar-refractivity contribution is 9.11. The molecule has 18 heavy (non-hydrogen) atoms. The molecule has 0 fully saturated rings. The highest BCUT2D eigenvalue weighted by atomic mass is 79.9. The lowest BCUT2D eigenvalue weighted by Gasteiger charge is -2.00. The van der Waals surface area contributed by atoms with Crippen molar-refractivity contribution < 1.29 is 0 Å². The number of halogens is 1. The van der Waals surface area contributed by atoms with Crippen molar-refractivity contribution in [3.8, 4) is 10.6 Å². The summed E-state index contributed by atoms with van der Waals surface area (Å²) in [7, 11) is 0. The minimum absolute atomic E-state index is 0.463. The van der Waals surface area contributed by atoms with Gasteiger partial charge in [0.25, 0.3) is 0 Å². The van der Waals surface area contributed by atoms with Gasteiger partial charge in [0.1, 0.15) is 5.01 Å². The van der Waals surface area contributed by atoms with Gasteiger partial charge in [0, 0.05) is 12.1 Å². The highest BCUT2D eigenvalue weighted by Gasteiger charge is 2.09. The van der Waals surface area contributed by atoms with E-state index in [4.69, 9.17) is 5.73 Å². The summed E-state index contributed by atoms with van der Waals surface area (Å²) >= 11 is 5.13. The van der Waals surface area contributed by atoms with E-state index in [1.54, 1.807) is 11.3 Å². The fourth-order valence-corrected chi connectivity index (χ4v) is 3.43. The standard InChI is InChI=1S/C14H11BrN2S/c15-13-12(8-16)17-14(18-13)11-6-5-9-3-1-2-4-10(9)7-11/h1-7H,8,16H2. The molecule has 3 aromatic rings. The molecule has 2 aromatic carbocycles. The summed E-state index contributed by atoms with van der Waals surface area (Å²) in [4.78, 5) is 4.55. The summed E-state index contributed by atoms with van der Waals surface area (Å²) in [5, 5.41) is 3.49. The zero-order valence-corrected chi connectivity index (χ0v) is 12.0. The maximum Gasteiger partial charge on any atom is 0.124 e. The van der Waals surface area contributed by atoms with E-state index >= 15 is 0 Å². The van der Waals surface area contributed by atoms with Crippen LogP contribution in [0.25, 0.3) is 21.3 Å². The molecule has 0 spiro atoms. The van der Waals surface area contributed by atoms with E-state index in [-0.39, 0.29) is 0 Å². The molecule has 0 radical (unpaired) electrons. The largest absolute Gasteiger partial charge is 0.325 e. The molecule has 90 valence electrons. The minimum atomic E-state index is 0.463. The summed E-state index contributed by atoms with van der Waals surface area (Å²) in [5.41, 5.74) is 7.70. The van der Waals surface area contributed by atoms with Crippen LogP contribution in [0.5, 0.6) is 0 Å². The molecule has 4 heteroatoms. The molecule has 1 heterocycles. The first-order valence-corrected chi connectivity index (χ1v) is 7.23. The van der Waals surface area contributed by atoms with Crippen LogP contribution in [0.1, 0.15) is 5.69 Å². The smallest absolute Gasteiger partial charge is 0.124 e. The Kier molecular flexibility index (Phi) is 3.16. The first-order chi connectivity index (χ1) is 8.78. The van der Waals surface area contributed by atoms with Crippen molar-refractivity contribution >= 4 is 38.0 Å². The number of fused-ring (bicyclic) bond motifs is 1. The third-order valence-corrected chi connectivity index (χ3v) is 4.72. The Morgan fingerprint density at radius 2 is 1.89 bits per heavy atom. The van der Waals surface area contributed by atoms with Gasteiger partial charge in [-0.05, 0) is 32.8 Å². The molecule has 2 N–H and O–H groups in total. The van der Waals surface area contributed by atoms with E-state index < -0.39 is 0 Å². The van der Waals surface area contributed by atoms with Crippen LogP contribution >= 0.6 is 27.3 Å². The lowest BCUT2D eigenvalue weighted by atomic mass is 10.1. The van der Waals surface area contributed by atoms with Crippen molar-refractivity contribution in [2.75, 3.05) is 0 Å². The number of benzene rings is 2. The molecule has 0 aliphatic rings. The second-order valence-corrected chi connectivity index (χ2v) is 6.32. The van der Waals surface area contributed by atoms with Crippen molar-refractivity contribution in [1.82, 2.24) is 4.98 Å². The van der Waals surface area contributed by atoms with E-state index in [9.17, 15) is 0 Å². The molecule has 0 saturated heterocycles. The first-order valence-electron chi connectivity index (χ1n) is 5.62. The number of nitrogens with zero attached hydrogens (tertiary/aromatic N) is 1. The van der Waals surface area contributed by atoms with Gasteiger partial charge in [-0.3, -0.25) is 0 Å². The van der Waals surface area contributed by atoms with Crippen molar-refractivity contribution in [2.24, 2.45) is 5.73 Å². The predicted molar refractivity (Wildman–Crippen MR) is 80.6 cm³/mol. The van der Waals surface area contributed by atoms with Gasteiger partial charge in [-0.1, -0.05) is 36.4 Å². The zero-order chi connectivity index (χ0) is 12.5. The highest BCUT2D eigenvalue weighted by Crippen LogP contribution is 2.33. The molecule has 0 aliphatic heterocycles. The molecule has 0 amide bonds. The van der Waals surface area contributed by atoms with Gasteiger partial charge in [0.2, 0.25) is 0 Å². The number of thiazole rings is 1. The van der Waals surface area contributed by atoms with Gasteiger partial charge >= 0.3 is 0 Å². The van der Waals surface area contributed by atoms with Crippen molar-refractivity contribution in [2.45, 2.75) is 6.54 Å². The van der Waals surface area contributed by atoms with Crippen LogP contribution < -0.4 is 5.73 Å². The van der Waals surface area contributed by atoms with Crippen LogP contribution in [0.4, 0.5) is 0 Å². The maximum absolute atomic E-state index is 5.65. The molecule has 3 rings (SSSR count). The normalized spacial score (nSPS) is 11.0. The molecule has 0 bridgehead atoms. The monoisotopic (exact) mass is 318 g/mol. The Bertz CT molecular complexity index is 706. The Morgan fingerprint density at radius 3 is 2.61 bits per heavy atom. The molecule has 0 saturated carbocycles. The first kappa shape index (κ1) is 11.8. The second-order valence-electron chi connectivity index (χ2n) is 4.01. The van der Waals surface area contributed by atoms with E-state index in [1.165, 1.54) is 10.8 Å². The number of hydrogen-bond acceptors (Lipinski definition) is 3. The van der Waals surface area contributed by atoms with Crippen molar-refractivity contribution in [3.63, 3.8) is 0 Å². The van der Waals surface area contributed by atoms with Crippen LogP contribution in [-0.2, 0) is 6.54 Å². The van der Waals surface area contributed by atoms with Crippen LogP contribution in [0.2, 0.25) is 0 Å². The average molecular weight is 319 g/mol. The summed E-state index contributed by atoms with van der Waals surface area (Å²) < 4.78 is 1.02. The third kappa shape index (κ3) is 2.07. The molecule has 1 aromatic heterocycles. The maximum atomic E-state index is 5.65. The summed E-state index contributed by atoms with van der Waals surface area (Å²) in [6.07, 6.45) is 0. The number of aromatic nitrogens is 1. The number of hydrogen-bond donors (Lipinski definition) is 1. The average Bonchev–Trinajstić information content (AvgIpc) is 2.79. The van der Waals surface area contributed by atoms with E-state index in [0.717, 1.165) is 20.1 Å². The molecule has 0 aliphatic carbocycles. The topological polar surface area (TPSA) is 38.9 Å². The quantitative estimate of drug-likeness (QED) is 0.769. The fraction of sp³-hybridized carbons (Fsp3) is 0.0714. The minimum Gasteiger partial charge on any atom is -0.325 e. The van der Waals surface area contributed by atoms with Gasteiger partial charge in [-0.15, -0.1) is 11.3 Å². The van der Waals surface area contributed by atoms with Gasteiger partial charge in [0.05, 0.1) is 9.48 Å². The number of rotatable bonds is 2. The summed E-state index contributed by atoms with van der Waals surface area (Å²) in [6, 6.07) is 14.7. The van der Waals surface area contributed by atoms with Gasteiger partial charge in [-0.2, -0.15) is 0 Å². The van der Waals surface area contributed by atoms with Gasteiger partial charge in [-0.25, -0.2) is 4.98 Å². The van der Waals surface area contributed by atoms with E-state index in [0.29, 0.717) is 6.54 Å². The lowest BCUT2D eigenvalue weighted by molar-refractivity contribution is 1.01. The predicted octanol–water partition coefficient (Wildman–Crippen LogP) is 4.18. The Labute approximate surface area is 118 Å². The second kappa shape index (κ2) is 4.80. The molecular weight excluding hydrogens is 308 g/mol. The third-order valence-electron chi connectivity index (χ3n) is 2.84. The van der Waals surface area contributed by atoms with Crippen LogP contribution in [0.3, 0.4) is 0 Å². The van der Waals surface area contributed by atoms with Crippen molar-refractivity contribution in [1.29, 1.82) is 0 Å². The van der Waals surface area contributed by atoms with E-state index in [2.05, 4.69) is 63.4 Å². The van der Waals surface area contributed by atoms with Gasteiger partial charge < -0.3 is 5.73 Å². The van der Waals surface area contributed by atoms with Crippen LogP contribution in [0.15, 0.2) is 46.3 Å². The zero-order valence-electron chi connectivity index (χ0n) is 9.56. The fourth-order valence-electron chi connectivity index (χ4n) is 1.90. The number of nitrogens with two attached hydrogens (primary N) is 1. The molecule has 2 nitrogen and oxygen atoms in total. The lowest BCUT2D eigenvalue weighted by Crippen LogP contribution is -1.96. The van der Waals surface area contributed by atoms with Crippen molar-refractivity contribution in [3.05, 3.63) is 51.9 Å². The molecule has 0 atom stereocenters. The van der Waals surface area contributed by atoms with Crippen LogP contribution in [0, 0.1) is 0 Å². The summed E-state index contributed by atoms with van der Waals surface area (Å²) in [6.45, 7) is 0.463. The molecule has 0 unspecified atom stereocenters. The Morgan fingerprint density at radius 1 is 1.11 bits per heavy atom. The Balaban J connectivity index is 2.13. The van der Waals surface area contributed by atoms with Crippen LogP contribution in [-0.4, -0.2) is 4.98 Å². The molecular formula is C14H11BrN2S. The van der Waals surface area contributed by atoms with Gasteiger partial charge in [0.15, 0.2) is 0 Å². The Hall–Kier alpha value is -1.23. The SMILES string of the molecule is NCc1nc(-c2ccc3ccccc3c2)sc1Br. The van der Waals surface area contributed by atoms with E-state index in [1.807, 2.05) is 0 Å². The summed E-state index contributed by atoms with van der Waals surface area (Å²) in [5.74, 6) is 0.